The number of hydrogen-bond acceptors (Lipinski definition) is 4. The van der Waals surface area contributed by atoms with Gasteiger partial charge in [-0.25, -0.2) is 9.97 Å². The molecule has 1 rings (SSSR count). The van der Waals surface area contributed by atoms with Gasteiger partial charge in [0.05, 0.1) is 0 Å². The van der Waals surface area contributed by atoms with E-state index in [-0.39, 0.29) is 5.54 Å². The second kappa shape index (κ2) is 3.49. The zero-order chi connectivity index (χ0) is 9.03. The van der Waals surface area contributed by atoms with Crippen molar-refractivity contribution in [1.82, 2.24) is 9.97 Å². The molecule has 12 heavy (non-hydrogen) atoms. The Labute approximate surface area is 72.2 Å². The molecule has 1 aromatic heterocycles. The number of nitrogens with one attached hydrogen (secondary N) is 1. The molecule has 0 atom stereocenters. The quantitative estimate of drug-likeness (QED) is 0.691. The molecule has 0 unspecified atom stereocenters. The van der Waals surface area contributed by atoms with Gasteiger partial charge in [-0.1, -0.05) is 0 Å². The van der Waals surface area contributed by atoms with Crippen molar-refractivity contribution in [2.24, 2.45) is 5.73 Å². The van der Waals surface area contributed by atoms with E-state index in [0.29, 0.717) is 6.54 Å². The fourth-order valence-electron chi connectivity index (χ4n) is 0.762. The lowest BCUT2D eigenvalue weighted by Crippen LogP contribution is -2.39. The van der Waals surface area contributed by atoms with Gasteiger partial charge >= 0.3 is 0 Å². The third-order valence-electron chi connectivity index (χ3n) is 1.56. The van der Waals surface area contributed by atoms with Crippen LogP contribution in [0.4, 0.5) is 5.82 Å². The van der Waals surface area contributed by atoms with Gasteiger partial charge in [-0.2, -0.15) is 0 Å². The summed E-state index contributed by atoms with van der Waals surface area (Å²) in [6.07, 6.45) is 3.21. The predicted octanol–water partition coefficient (Wildman–Crippen LogP) is 0.626. The minimum atomic E-state index is -0.117. The lowest BCUT2D eigenvalue weighted by Gasteiger charge is -2.24. The van der Waals surface area contributed by atoms with Crippen molar-refractivity contribution in [2.45, 2.75) is 19.4 Å². The zero-order valence-corrected chi connectivity index (χ0v) is 7.41. The van der Waals surface area contributed by atoms with Crippen LogP contribution in [-0.2, 0) is 0 Å². The molecule has 0 aliphatic carbocycles. The SMILES string of the molecule is CC(C)(CN)Nc1ccncn1. The molecule has 0 aliphatic rings. The van der Waals surface area contributed by atoms with E-state index in [2.05, 4.69) is 15.3 Å². The van der Waals surface area contributed by atoms with Crippen molar-refractivity contribution >= 4 is 5.82 Å². The molecule has 4 nitrogen and oxygen atoms in total. The lowest BCUT2D eigenvalue weighted by molar-refractivity contribution is 0.577. The largest absolute Gasteiger partial charge is 0.364 e. The first-order chi connectivity index (χ1) is 5.64. The molecule has 0 fully saturated rings. The maximum atomic E-state index is 5.55. The molecule has 0 saturated heterocycles. The summed E-state index contributed by atoms with van der Waals surface area (Å²) in [7, 11) is 0. The van der Waals surface area contributed by atoms with Crippen LogP contribution in [0.2, 0.25) is 0 Å². The van der Waals surface area contributed by atoms with Gasteiger partial charge in [0.2, 0.25) is 0 Å². The summed E-state index contributed by atoms with van der Waals surface area (Å²) < 4.78 is 0. The highest BCUT2D eigenvalue weighted by atomic mass is 15.1. The Morgan fingerprint density at radius 2 is 2.33 bits per heavy atom. The maximum Gasteiger partial charge on any atom is 0.129 e. The van der Waals surface area contributed by atoms with Gasteiger partial charge < -0.3 is 11.1 Å². The molecule has 0 spiro atoms. The van der Waals surface area contributed by atoms with Crippen LogP contribution in [0, 0.1) is 0 Å². The maximum absolute atomic E-state index is 5.55. The van der Waals surface area contributed by atoms with Gasteiger partial charge in [0.15, 0.2) is 0 Å². The zero-order valence-electron chi connectivity index (χ0n) is 7.41. The first kappa shape index (κ1) is 8.93. The highest BCUT2D eigenvalue weighted by Gasteiger charge is 2.14. The molecule has 0 aromatic carbocycles. The van der Waals surface area contributed by atoms with Gasteiger partial charge in [-0.15, -0.1) is 0 Å². The highest BCUT2D eigenvalue weighted by Crippen LogP contribution is 2.08. The molecule has 4 heteroatoms. The molecular formula is C8H14N4. The average Bonchev–Trinajstić information content (AvgIpc) is 2.06. The highest BCUT2D eigenvalue weighted by molar-refractivity contribution is 5.34. The van der Waals surface area contributed by atoms with Gasteiger partial charge in [0.25, 0.3) is 0 Å². The first-order valence-electron chi connectivity index (χ1n) is 3.88. The Kier molecular flexibility index (Phi) is 2.60. The molecule has 0 aliphatic heterocycles. The van der Waals surface area contributed by atoms with E-state index in [1.165, 1.54) is 6.33 Å². The van der Waals surface area contributed by atoms with E-state index in [9.17, 15) is 0 Å². The van der Waals surface area contributed by atoms with Crippen LogP contribution in [0.25, 0.3) is 0 Å². The van der Waals surface area contributed by atoms with Crippen molar-refractivity contribution in [3.05, 3.63) is 18.6 Å². The van der Waals surface area contributed by atoms with Gasteiger partial charge in [-0.05, 0) is 19.9 Å². The number of nitrogens with two attached hydrogens (primary N) is 1. The Bertz CT molecular complexity index is 232. The standard InChI is InChI=1S/C8H14N4/c1-8(2,5-9)12-7-3-4-10-6-11-7/h3-4,6H,5,9H2,1-2H3,(H,10,11,12). The molecule has 0 radical (unpaired) electrons. The van der Waals surface area contributed by atoms with E-state index in [1.54, 1.807) is 6.20 Å². The number of anilines is 1. The molecule has 0 bridgehead atoms. The van der Waals surface area contributed by atoms with Crippen LogP contribution in [0.1, 0.15) is 13.8 Å². The fraction of sp³-hybridized carbons (Fsp3) is 0.500. The minimum absolute atomic E-state index is 0.117. The topological polar surface area (TPSA) is 63.8 Å². The normalized spacial score (nSPS) is 11.2. The Morgan fingerprint density at radius 3 is 2.83 bits per heavy atom. The minimum Gasteiger partial charge on any atom is -0.364 e. The first-order valence-corrected chi connectivity index (χ1v) is 3.88. The van der Waals surface area contributed by atoms with Crippen molar-refractivity contribution in [3.8, 4) is 0 Å². The molecule has 1 aromatic rings. The van der Waals surface area contributed by atoms with Crippen LogP contribution < -0.4 is 11.1 Å². The molecule has 66 valence electrons. The van der Waals surface area contributed by atoms with Crippen LogP contribution in [0.15, 0.2) is 18.6 Å². The van der Waals surface area contributed by atoms with E-state index in [4.69, 9.17) is 5.73 Å². The van der Waals surface area contributed by atoms with Crippen LogP contribution >= 0.6 is 0 Å². The Balaban J connectivity index is 2.64. The molecule has 0 saturated carbocycles. The smallest absolute Gasteiger partial charge is 0.129 e. The van der Waals surface area contributed by atoms with Crippen molar-refractivity contribution in [1.29, 1.82) is 0 Å². The average molecular weight is 166 g/mol. The molecule has 3 N–H and O–H groups in total. The van der Waals surface area contributed by atoms with Crippen molar-refractivity contribution in [3.63, 3.8) is 0 Å². The number of nitrogens with zero attached hydrogens (tertiary/aromatic N) is 2. The monoisotopic (exact) mass is 166 g/mol. The summed E-state index contributed by atoms with van der Waals surface area (Å²) in [5.74, 6) is 0.806. The van der Waals surface area contributed by atoms with Crippen LogP contribution in [0.3, 0.4) is 0 Å². The summed E-state index contributed by atoms with van der Waals surface area (Å²) in [4.78, 5) is 7.85. The van der Waals surface area contributed by atoms with Crippen molar-refractivity contribution < 1.29 is 0 Å². The summed E-state index contributed by atoms with van der Waals surface area (Å²) in [5.41, 5.74) is 5.43. The second-order valence-electron chi connectivity index (χ2n) is 3.31. The second-order valence-corrected chi connectivity index (χ2v) is 3.31. The van der Waals surface area contributed by atoms with E-state index < -0.39 is 0 Å². The van der Waals surface area contributed by atoms with Crippen molar-refractivity contribution in [2.75, 3.05) is 11.9 Å². The van der Waals surface area contributed by atoms with Gasteiger partial charge in [-0.3, -0.25) is 0 Å². The Hall–Kier alpha value is -1.16. The summed E-state index contributed by atoms with van der Waals surface area (Å²) in [6, 6.07) is 1.82. The van der Waals surface area contributed by atoms with E-state index in [1.807, 2.05) is 19.9 Å². The van der Waals surface area contributed by atoms with Gasteiger partial charge in [0.1, 0.15) is 12.1 Å². The summed E-state index contributed by atoms with van der Waals surface area (Å²) in [6.45, 7) is 4.61. The summed E-state index contributed by atoms with van der Waals surface area (Å²) in [5, 5.41) is 3.19. The molecule has 1 heterocycles. The van der Waals surface area contributed by atoms with E-state index >= 15 is 0 Å². The van der Waals surface area contributed by atoms with Gasteiger partial charge in [0, 0.05) is 18.3 Å². The Morgan fingerprint density at radius 1 is 1.58 bits per heavy atom. The predicted molar refractivity (Wildman–Crippen MR) is 48.8 cm³/mol. The number of aromatic nitrogens is 2. The van der Waals surface area contributed by atoms with Crippen LogP contribution in [-0.4, -0.2) is 22.1 Å². The third kappa shape index (κ3) is 2.47. The number of hydrogen-bond donors (Lipinski definition) is 2. The lowest BCUT2D eigenvalue weighted by atomic mass is 10.1. The summed E-state index contributed by atoms with van der Waals surface area (Å²) >= 11 is 0. The van der Waals surface area contributed by atoms with E-state index in [0.717, 1.165) is 5.82 Å². The number of rotatable bonds is 3. The molecule has 0 amide bonds. The molecular weight excluding hydrogens is 152 g/mol. The van der Waals surface area contributed by atoms with Crippen LogP contribution in [0.5, 0.6) is 0 Å². The third-order valence-corrected chi connectivity index (χ3v) is 1.56. The fourth-order valence-corrected chi connectivity index (χ4v) is 0.762.